The van der Waals surface area contributed by atoms with E-state index in [0.717, 1.165) is 33.0 Å². The van der Waals surface area contributed by atoms with E-state index >= 15 is 0 Å². The molecule has 0 aliphatic carbocycles. The van der Waals surface area contributed by atoms with Crippen molar-refractivity contribution in [1.29, 1.82) is 0 Å². The van der Waals surface area contributed by atoms with Crippen LogP contribution in [0, 0.1) is 20.8 Å². The highest BCUT2D eigenvalue weighted by molar-refractivity contribution is 7.21. The average Bonchev–Trinajstić information content (AvgIpc) is 3.02. The normalized spacial score (nSPS) is 11.1. The van der Waals surface area contributed by atoms with Crippen LogP contribution in [0.1, 0.15) is 32.4 Å². The summed E-state index contributed by atoms with van der Waals surface area (Å²) in [4.78, 5) is 18.2. The molecule has 0 aliphatic rings. The number of nitrogens with zero attached hydrogens (tertiary/aromatic N) is 1. The van der Waals surface area contributed by atoms with Crippen LogP contribution in [0.4, 0.5) is 5.69 Å². The summed E-state index contributed by atoms with van der Waals surface area (Å²) in [6, 6.07) is 5.82. The van der Waals surface area contributed by atoms with Crippen molar-refractivity contribution >= 4 is 33.1 Å². The first-order valence-electron chi connectivity index (χ1n) is 7.45. The second-order valence-corrected chi connectivity index (χ2v) is 6.62. The molecule has 0 spiro atoms. The highest BCUT2D eigenvalue weighted by atomic mass is 32.1. The molecule has 0 radical (unpaired) electrons. The first kappa shape index (κ1) is 15.6. The molecule has 0 aromatic carbocycles. The van der Waals surface area contributed by atoms with Gasteiger partial charge in [0.25, 0.3) is 5.91 Å². The van der Waals surface area contributed by atoms with Crippen molar-refractivity contribution in [3.63, 3.8) is 0 Å². The fourth-order valence-electron chi connectivity index (χ4n) is 2.64. The Labute approximate surface area is 138 Å². The molecule has 0 atom stereocenters. The monoisotopic (exact) mass is 329 g/mol. The summed E-state index contributed by atoms with van der Waals surface area (Å²) in [5.74, 6) is 1.57. The smallest absolute Gasteiger partial charge is 0.263 e. The number of hydrogen-bond donors (Lipinski definition) is 2. The van der Waals surface area contributed by atoms with Crippen LogP contribution in [0.25, 0.3) is 10.2 Å². The largest absolute Gasteiger partial charge is 0.466 e. The van der Waals surface area contributed by atoms with Gasteiger partial charge < -0.3 is 15.5 Å². The lowest BCUT2D eigenvalue weighted by Crippen LogP contribution is -2.25. The zero-order chi connectivity index (χ0) is 16.6. The van der Waals surface area contributed by atoms with E-state index in [2.05, 4.69) is 10.3 Å². The lowest BCUT2D eigenvalue weighted by molar-refractivity contribution is 0.0958. The SMILES string of the molecule is Cc1cc(C)c2c(N)c(C(=O)NCCc3ccc(C)o3)sc2n1. The number of furan rings is 1. The average molecular weight is 329 g/mol. The van der Waals surface area contributed by atoms with Gasteiger partial charge >= 0.3 is 0 Å². The third-order valence-corrected chi connectivity index (χ3v) is 4.78. The molecule has 120 valence electrons. The van der Waals surface area contributed by atoms with Crippen LogP contribution in [-0.4, -0.2) is 17.4 Å². The number of nitrogens with two attached hydrogens (primary N) is 1. The van der Waals surface area contributed by atoms with Crippen molar-refractivity contribution in [2.24, 2.45) is 0 Å². The Morgan fingerprint density at radius 2 is 2.13 bits per heavy atom. The molecule has 23 heavy (non-hydrogen) atoms. The summed E-state index contributed by atoms with van der Waals surface area (Å²) < 4.78 is 5.49. The minimum Gasteiger partial charge on any atom is -0.466 e. The molecular weight excluding hydrogens is 310 g/mol. The predicted octanol–water partition coefficient (Wildman–Crippen LogP) is 3.37. The van der Waals surface area contributed by atoms with E-state index in [1.54, 1.807) is 0 Å². The molecule has 3 N–H and O–H groups in total. The number of carbonyl (C=O) groups is 1. The molecule has 0 saturated heterocycles. The number of anilines is 1. The van der Waals surface area contributed by atoms with Gasteiger partial charge in [-0.1, -0.05) is 0 Å². The molecule has 3 aromatic rings. The number of fused-ring (bicyclic) bond motifs is 1. The quantitative estimate of drug-likeness (QED) is 0.769. The molecule has 3 rings (SSSR count). The number of carbonyl (C=O) groups excluding carboxylic acids is 1. The minimum atomic E-state index is -0.161. The zero-order valence-corrected chi connectivity index (χ0v) is 14.2. The summed E-state index contributed by atoms with van der Waals surface area (Å²) in [5.41, 5.74) is 8.66. The molecule has 0 fully saturated rings. The fourth-order valence-corrected chi connectivity index (χ4v) is 3.77. The van der Waals surface area contributed by atoms with Crippen molar-refractivity contribution in [2.45, 2.75) is 27.2 Å². The van der Waals surface area contributed by atoms with Crippen LogP contribution in [0.15, 0.2) is 22.6 Å². The van der Waals surface area contributed by atoms with Gasteiger partial charge in [-0.2, -0.15) is 0 Å². The van der Waals surface area contributed by atoms with Gasteiger partial charge in [0.05, 0.1) is 5.69 Å². The Bertz CT molecular complexity index is 879. The van der Waals surface area contributed by atoms with Gasteiger partial charge in [0.2, 0.25) is 0 Å². The molecule has 0 aliphatic heterocycles. The molecule has 0 saturated carbocycles. The van der Waals surface area contributed by atoms with Gasteiger partial charge in [0.1, 0.15) is 21.2 Å². The van der Waals surface area contributed by atoms with Crippen LogP contribution >= 0.6 is 11.3 Å². The molecule has 0 bridgehead atoms. The van der Waals surface area contributed by atoms with Gasteiger partial charge in [-0.05, 0) is 44.5 Å². The van der Waals surface area contributed by atoms with Crippen molar-refractivity contribution in [3.8, 4) is 0 Å². The number of aryl methyl sites for hydroxylation is 3. The Hall–Kier alpha value is -2.34. The fraction of sp³-hybridized carbons (Fsp3) is 0.294. The summed E-state index contributed by atoms with van der Waals surface area (Å²) >= 11 is 1.34. The summed E-state index contributed by atoms with van der Waals surface area (Å²) in [5, 5.41) is 3.78. The van der Waals surface area contributed by atoms with E-state index in [-0.39, 0.29) is 5.91 Å². The predicted molar refractivity (Wildman–Crippen MR) is 93.0 cm³/mol. The number of thiophene rings is 1. The number of rotatable bonds is 4. The maximum atomic E-state index is 12.4. The Morgan fingerprint density at radius 3 is 2.83 bits per heavy atom. The number of amides is 1. The maximum absolute atomic E-state index is 12.4. The second kappa shape index (κ2) is 6.04. The summed E-state index contributed by atoms with van der Waals surface area (Å²) in [7, 11) is 0. The molecule has 0 unspecified atom stereocenters. The van der Waals surface area contributed by atoms with Gasteiger partial charge in [-0.3, -0.25) is 4.79 Å². The lowest BCUT2D eigenvalue weighted by Gasteiger charge is -2.03. The van der Waals surface area contributed by atoms with Gasteiger partial charge in [-0.15, -0.1) is 11.3 Å². The number of hydrogen-bond acceptors (Lipinski definition) is 5. The Balaban J connectivity index is 1.75. The van der Waals surface area contributed by atoms with Crippen LogP contribution in [0.3, 0.4) is 0 Å². The van der Waals surface area contributed by atoms with E-state index in [4.69, 9.17) is 10.2 Å². The maximum Gasteiger partial charge on any atom is 0.263 e. The van der Waals surface area contributed by atoms with Crippen LogP contribution in [-0.2, 0) is 6.42 Å². The van der Waals surface area contributed by atoms with Gasteiger partial charge in [-0.25, -0.2) is 4.98 Å². The van der Waals surface area contributed by atoms with Crippen molar-refractivity contribution in [1.82, 2.24) is 10.3 Å². The van der Waals surface area contributed by atoms with E-state index in [9.17, 15) is 4.79 Å². The Kier molecular flexibility index (Phi) is 4.09. The van der Waals surface area contributed by atoms with Crippen LogP contribution < -0.4 is 11.1 Å². The topological polar surface area (TPSA) is 81.2 Å². The molecule has 3 heterocycles. The molecule has 5 nitrogen and oxygen atoms in total. The lowest BCUT2D eigenvalue weighted by atomic mass is 10.1. The van der Waals surface area contributed by atoms with E-state index in [1.807, 2.05) is 39.0 Å². The first-order chi connectivity index (χ1) is 11.0. The minimum absolute atomic E-state index is 0.161. The molecule has 6 heteroatoms. The van der Waals surface area contributed by atoms with Crippen molar-refractivity contribution in [2.75, 3.05) is 12.3 Å². The van der Waals surface area contributed by atoms with E-state index < -0.39 is 0 Å². The summed E-state index contributed by atoms with van der Waals surface area (Å²) in [6.45, 7) is 6.33. The molecule has 1 amide bonds. The van der Waals surface area contributed by atoms with Crippen molar-refractivity contribution < 1.29 is 9.21 Å². The number of nitrogens with one attached hydrogen (secondary N) is 1. The first-order valence-corrected chi connectivity index (χ1v) is 8.27. The van der Waals surface area contributed by atoms with Crippen LogP contribution in [0.2, 0.25) is 0 Å². The van der Waals surface area contributed by atoms with Crippen LogP contribution in [0.5, 0.6) is 0 Å². The second-order valence-electron chi connectivity index (χ2n) is 5.62. The summed E-state index contributed by atoms with van der Waals surface area (Å²) in [6.07, 6.45) is 0.654. The molecule has 3 aromatic heterocycles. The zero-order valence-electron chi connectivity index (χ0n) is 13.4. The Morgan fingerprint density at radius 1 is 1.35 bits per heavy atom. The standard InChI is InChI=1S/C17H19N3O2S/c1-9-8-10(2)20-17-13(9)14(18)15(23-17)16(21)19-7-6-12-5-4-11(3)22-12/h4-5,8H,6-7,18H2,1-3H3,(H,19,21). The van der Waals surface area contributed by atoms with E-state index in [1.165, 1.54) is 11.3 Å². The number of aromatic nitrogens is 1. The van der Waals surface area contributed by atoms with Crippen molar-refractivity contribution in [3.05, 3.63) is 45.9 Å². The third kappa shape index (κ3) is 3.07. The van der Waals surface area contributed by atoms with Gasteiger partial charge in [0, 0.05) is 24.0 Å². The van der Waals surface area contributed by atoms with Gasteiger partial charge in [0.15, 0.2) is 0 Å². The number of pyridine rings is 1. The number of nitrogen functional groups attached to an aromatic ring is 1. The highest BCUT2D eigenvalue weighted by Gasteiger charge is 2.18. The molecular formula is C17H19N3O2S. The van der Waals surface area contributed by atoms with E-state index in [0.29, 0.717) is 23.5 Å². The highest BCUT2D eigenvalue weighted by Crippen LogP contribution is 2.34. The third-order valence-electron chi connectivity index (χ3n) is 3.68.